The van der Waals surface area contributed by atoms with E-state index in [9.17, 15) is 9.59 Å². The minimum Gasteiger partial charge on any atom is -0.486 e. The summed E-state index contributed by atoms with van der Waals surface area (Å²) in [4.78, 5) is 24.8. The Kier molecular flexibility index (Phi) is 4.23. The Morgan fingerprint density at radius 2 is 1.96 bits per heavy atom. The number of hydrogen-bond donors (Lipinski definition) is 2. The van der Waals surface area contributed by atoms with Gasteiger partial charge in [-0.1, -0.05) is 6.07 Å². The van der Waals surface area contributed by atoms with Gasteiger partial charge in [-0.25, -0.2) is 0 Å². The highest BCUT2D eigenvalue weighted by molar-refractivity contribution is 8.00. The minimum atomic E-state index is -0.192. The summed E-state index contributed by atoms with van der Waals surface area (Å²) in [6, 6.07) is 11.0. The number of nitrogens with one attached hydrogen (secondary N) is 2. The smallest absolute Gasteiger partial charge is 0.251 e. The van der Waals surface area contributed by atoms with Crippen LogP contribution in [0.15, 0.2) is 41.3 Å². The summed E-state index contributed by atoms with van der Waals surface area (Å²) >= 11 is 1.47. The maximum Gasteiger partial charge on any atom is 0.251 e. The zero-order valence-electron chi connectivity index (χ0n) is 13.3. The molecule has 0 aromatic heterocycles. The average Bonchev–Trinajstić information content (AvgIpc) is 2.65. The summed E-state index contributed by atoms with van der Waals surface area (Å²) in [6.07, 6.45) is 0. The lowest BCUT2D eigenvalue weighted by Crippen LogP contribution is -2.24. The highest BCUT2D eigenvalue weighted by Crippen LogP contribution is 2.32. The van der Waals surface area contributed by atoms with Gasteiger partial charge in [0.2, 0.25) is 5.91 Å². The molecule has 0 spiro atoms. The first-order chi connectivity index (χ1) is 12.2. The van der Waals surface area contributed by atoms with Gasteiger partial charge in [-0.3, -0.25) is 9.59 Å². The van der Waals surface area contributed by atoms with E-state index in [4.69, 9.17) is 9.47 Å². The Bertz CT molecular complexity index is 853. The summed E-state index contributed by atoms with van der Waals surface area (Å²) in [5.74, 6) is 1.59. The number of benzene rings is 2. The van der Waals surface area contributed by atoms with Crippen molar-refractivity contribution in [2.24, 2.45) is 0 Å². The topological polar surface area (TPSA) is 76.7 Å². The second-order valence-corrected chi connectivity index (χ2v) is 6.73. The Morgan fingerprint density at radius 3 is 2.84 bits per heavy atom. The highest BCUT2D eigenvalue weighted by atomic mass is 32.2. The Hall–Kier alpha value is -2.67. The van der Waals surface area contributed by atoms with Crippen molar-refractivity contribution in [1.82, 2.24) is 5.32 Å². The normalized spacial score (nSPS) is 15.1. The van der Waals surface area contributed by atoms with Crippen LogP contribution in [0.3, 0.4) is 0 Å². The number of thioether (sulfide) groups is 1. The van der Waals surface area contributed by atoms with Crippen LogP contribution in [-0.2, 0) is 11.3 Å². The molecule has 25 heavy (non-hydrogen) atoms. The van der Waals surface area contributed by atoms with Gasteiger partial charge in [0.1, 0.15) is 13.2 Å². The van der Waals surface area contributed by atoms with E-state index in [1.54, 1.807) is 12.1 Å². The summed E-state index contributed by atoms with van der Waals surface area (Å²) in [5, 5.41) is 5.68. The highest BCUT2D eigenvalue weighted by Gasteiger charge is 2.17. The zero-order valence-corrected chi connectivity index (χ0v) is 14.2. The van der Waals surface area contributed by atoms with Crippen molar-refractivity contribution in [3.05, 3.63) is 47.5 Å². The number of hydrogen-bond acceptors (Lipinski definition) is 5. The number of carbonyl (C=O) groups excluding carboxylic acids is 2. The first-order valence-electron chi connectivity index (χ1n) is 7.92. The van der Waals surface area contributed by atoms with Gasteiger partial charge >= 0.3 is 0 Å². The minimum absolute atomic E-state index is 0.0497. The van der Waals surface area contributed by atoms with Gasteiger partial charge < -0.3 is 20.1 Å². The van der Waals surface area contributed by atoms with Gasteiger partial charge in [0.15, 0.2) is 11.5 Å². The molecule has 6 nitrogen and oxygen atoms in total. The predicted molar refractivity (Wildman–Crippen MR) is 94.4 cm³/mol. The number of ether oxygens (including phenoxy) is 2. The molecule has 2 aromatic carbocycles. The zero-order chi connectivity index (χ0) is 17.2. The molecule has 0 aliphatic carbocycles. The van der Waals surface area contributed by atoms with E-state index in [2.05, 4.69) is 10.6 Å². The Balaban J connectivity index is 1.44. The summed E-state index contributed by atoms with van der Waals surface area (Å²) in [5.41, 5.74) is 2.13. The third kappa shape index (κ3) is 3.41. The second kappa shape index (κ2) is 6.68. The van der Waals surface area contributed by atoms with Crippen LogP contribution in [0.4, 0.5) is 5.69 Å². The molecule has 0 atom stereocenters. The molecule has 2 aromatic rings. The van der Waals surface area contributed by atoms with E-state index < -0.39 is 0 Å². The van der Waals surface area contributed by atoms with Gasteiger partial charge in [-0.05, 0) is 35.9 Å². The molecule has 128 valence electrons. The molecule has 0 fully saturated rings. The molecule has 2 N–H and O–H groups in total. The number of carbonyl (C=O) groups is 2. The monoisotopic (exact) mass is 356 g/mol. The lowest BCUT2D eigenvalue weighted by molar-refractivity contribution is -0.113. The van der Waals surface area contributed by atoms with E-state index in [0.29, 0.717) is 42.5 Å². The molecule has 0 radical (unpaired) electrons. The summed E-state index contributed by atoms with van der Waals surface area (Å²) < 4.78 is 11.0. The van der Waals surface area contributed by atoms with Crippen LogP contribution in [0.5, 0.6) is 11.5 Å². The fourth-order valence-electron chi connectivity index (χ4n) is 2.71. The van der Waals surface area contributed by atoms with Crippen LogP contribution in [0.25, 0.3) is 0 Å². The molecule has 7 heteroatoms. The standard InChI is InChI=1S/C18H16N2O4S/c21-17-10-25-16-4-2-12(8-13(16)20-17)18(22)19-9-11-1-3-14-15(7-11)24-6-5-23-14/h1-4,7-8H,5-6,9-10H2,(H,19,22)(H,20,21). The Labute approximate surface area is 148 Å². The van der Waals surface area contributed by atoms with Gasteiger partial charge in [-0.15, -0.1) is 11.8 Å². The third-order valence-corrected chi connectivity index (χ3v) is 5.01. The number of amides is 2. The molecule has 2 heterocycles. The van der Waals surface area contributed by atoms with Crippen molar-refractivity contribution in [2.75, 3.05) is 24.3 Å². The average molecular weight is 356 g/mol. The van der Waals surface area contributed by atoms with Crippen molar-refractivity contribution in [1.29, 1.82) is 0 Å². The second-order valence-electron chi connectivity index (χ2n) is 5.71. The van der Waals surface area contributed by atoms with Gasteiger partial charge in [0, 0.05) is 17.0 Å². The lowest BCUT2D eigenvalue weighted by atomic mass is 10.1. The van der Waals surface area contributed by atoms with Crippen LogP contribution in [0.2, 0.25) is 0 Å². The van der Waals surface area contributed by atoms with Crippen molar-refractivity contribution < 1.29 is 19.1 Å². The molecule has 0 bridgehead atoms. The summed E-state index contributed by atoms with van der Waals surface area (Å²) in [7, 11) is 0. The molecule has 0 unspecified atom stereocenters. The molecular formula is C18H16N2O4S. The van der Waals surface area contributed by atoms with Gasteiger partial charge in [0.25, 0.3) is 5.91 Å². The van der Waals surface area contributed by atoms with Crippen LogP contribution < -0.4 is 20.1 Å². The number of rotatable bonds is 3. The molecule has 2 aliphatic rings. The molecule has 2 amide bonds. The number of anilines is 1. The maximum atomic E-state index is 12.4. The molecule has 4 rings (SSSR count). The number of fused-ring (bicyclic) bond motifs is 2. The summed E-state index contributed by atoms with van der Waals surface area (Å²) in [6.45, 7) is 1.46. The fourth-order valence-corrected chi connectivity index (χ4v) is 3.49. The molecule has 0 saturated heterocycles. The van der Waals surface area contributed by atoms with Crippen molar-refractivity contribution >= 4 is 29.3 Å². The fraction of sp³-hybridized carbons (Fsp3) is 0.222. The Morgan fingerprint density at radius 1 is 1.12 bits per heavy atom. The molecular weight excluding hydrogens is 340 g/mol. The van der Waals surface area contributed by atoms with Crippen LogP contribution in [0.1, 0.15) is 15.9 Å². The molecule has 2 aliphatic heterocycles. The van der Waals surface area contributed by atoms with Crippen LogP contribution in [0, 0.1) is 0 Å². The lowest BCUT2D eigenvalue weighted by Gasteiger charge is -2.19. The van der Waals surface area contributed by atoms with Gasteiger partial charge in [0.05, 0.1) is 11.4 Å². The quantitative estimate of drug-likeness (QED) is 0.883. The van der Waals surface area contributed by atoms with Crippen LogP contribution >= 0.6 is 11.8 Å². The van der Waals surface area contributed by atoms with E-state index in [1.165, 1.54) is 11.8 Å². The first kappa shape index (κ1) is 15.8. The SMILES string of the molecule is O=C1CSc2ccc(C(=O)NCc3ccc4c(c3)OCCO4)cc2N1. The largest absolute Gasteiger partial charge is 0.486 e. The van der Waals surface area contributed by atoms with Crippen molar-refractivity contribution in [2.45, 2.75) is 11.4 Å². The predicted octanol–water partition coefficient (Wildman–Crippen LogP) is 2.43. The first-order valence-corrected chi connectivity index (χ1v) is 8.91. The van der Waals surface area contributed by atoms with Gasteiger partial charge in [-0.2, -0.15) is 0 Å². The van der Waals surface area contributed by atoms with Crippen LogP contribution in [-0.4, -0.2) is 30.8 Å². The van der Waals surface area contributed by atoms with E-state index >= 15 is 0 Å². The maximum absolute atomic E-state index is 12.4. The van der Waals surface area contributed by atoms with Crippen molar-refractivity contribution in [3.8, 4) is 11.5 Å². The molecule has 0 saturated carbocycles. The van der Waals surface area contributed by atoms with E-state index in [1.807, 2.05) is 24.3 Å². The van der Waals surface area contributed by atoms with Crippen molar-refractivity contribution in [3.63, 3.8) is 0 Å². The third-order valence-electron chi connectivity index (χ3n) is 3.93. The van der Waals surface area contributed by atoms with E-state index in [-0.39, 0.29) is 11.8 Å². The van der Waals surface area contributed by atoms with E-state index in [0.717, 1.165) is 16.2 Å².